The van der Waals surface area contributed by atoms with Gasteiger partial charge in [0.2, 0.25) is 11.1 Å². The minimum absolute atomic E-state index is 0.0275. The molecule has 0 bridgehead atoms. The van der Waals surface area contributed by atoms with Crippen molar-refractivity contribution in [1.29, 1.82) is 0 Å². The molecule has 0 radical (unpaired) electrons. The number of thiophene rings is 1. The lowest BCUT2D eigenvalue weighted by molar-refractivity contribution is -0.113. The number of nitrogen functional groups attached to an aromatic ring is 1. The summed E-state index contributed by atoms with van der Waals surface area (Å²) >= 11 is 2.14. The van der Waals surface area contributed by atoms with Crippen LogP contribution in [0.1, 0.15) is 39.4 Å². The van der Waals surface area contributed by atoms with Gasteiger partial charge in [-0.3, -0.25) is 14.6 Å². The van der Waals surface area contributed by atoms with Crippen LogP contribution in [0.2, 0.25) is 0 Å². The highest BCUT2D eigenvalue weighted by atomic mass is 32.2. The number of nitrogens with one attached hydrogen (secondary N) is 1. The fourth-order valence-corrected chi connectivity index (χ4v) is 4.52. The van der Waals surface area contributed by atoms with Gasteiger partial charge in [-0.2, -0.15) is 0 Å². The van der Waals surface area contributed by atoms with Crippen LogP contribution in [-0.4, -0.2) is 49.9 Å². The summed E-state index contributed by atoms with van der Waals surface area (Å²) in [4.78, 5) is 41.1. The average Bonchev–Trinajstić information content (AvgIpc) is 3.27. The van der Waals surface area contributed by atoms with Crippen LogP contribution in [0, 0.1) is 6.92 Å². The molecule has 0 aromatic carbocycles. The maximum Gasteiger partial charge on any atom is 0.341 e. The van der Waals surface area contributed by atoms with Gasteiger partial charge in [0.05, 0.1) is 22.8 Å². The first-order valence-electron chi connectivity index (χ1n) is 9.18. The third-order valence-electron chi connectivity index (χ3n) is 4.13. The fraction of sp³-hybridized carbons (Fsp3) is 0.263. The number of Topliss-reactive ketones (excluding diaryl/α,β-unsaturated/α-hetero) is 1. The van der Waals surface area contributed by atoms with E-state index in [1.165, 1.54) is 11.6 Å². The maximum absolute atomic E-state index is 12.5. The summed E-state index contributed by atoms with van der Waals surface area (Å²) in [6.07, 6.45) is 3.23. The summed E-state index contributed by atoms with van der Waals surface area (Å²) in [5.74, 6) is 5.29. The molecule has 0 saturated carbocycles. The van der Waals surface area contributed by atoms with Crippen LogP contribution in [-0.2, 0) is 9.53 Å². The molecular weight excluding hydrogens is 440 g/mol. The molecule has 12 heteroatoms. The van der Waals surface area contributed by atoms with E-state index in [0.29, 0.717) is 21.4 Å². The van der Waals surface area contributed by atoms with Crippen molar-refractivity contribution >= 4 is 45.8 Å². The number of hydrogen-bond donors (Lipinski definition) is 2. The molecule has 3 heterocycles. The monoisotopic (exact) mass is 460 g/mol. The van der Waals surface area contributed by atoms with Crippen molar-refractivity contribution in [3.05, 3.63) is 40.5 Å². The quantitative estimate of drug-likeness (QED) is 0.224. The molecule has 0 aliphatic heterocycles. The second-order valence-electron chi connectivity index (χ2n) is 6.29. The zero-order chi connectivity index (χ0) is 22.5. The number of carbonyl (C=O) groups excluding carboxylic acids is 3. The van der Waals surface area contributed by atoms with Gasteiger partial charge >= 0.3 is 5.97 Å². The van der Waals surface area contributed by atoms with Gasteiger partial charge in [0.25, 0.3) is 0 Å². The number of hydrogen-bond acceptors (Lipinski definition) is 10. The summed E-state index contributed by atoms with van der Waals surface area (Å²) in [5, 5.41) is 11.4. The zero-order valence-electron chi connectivity index (χ0n) is 17.0. The molecule has 3 aromatic rings. The molecule has 0 unspecified atom stereocenters. The van der Waals surface area contributed by atoms with E-state index >= 15 is 0 Å². The number of rotatable bonds is 8. The second-order valence-corrected chi connectivity index (χ2v) is 8.25. The predicted octanol–water partition coefficient (Wildman–Crippen LogP) is 2.53. The van der Waals surface area contributed by atoms with Crippen LogP contribution in [0.4, 0.5) is 5.00 Å². The average molecular weight is 461 g/mol. The first-order chi connectivity index (χ1) is 14.8. The molecule has 0 saturated heterocycles. The number of ketones is 1. The Labute approximate surface area is 186 Å². The first kappa shape index (κ1) is 22.4. The van der Waals surface area contributed by atoms with Crippen molar-refractivity contribution in [3.8, 4) is 11.4 Å². The third kappa shape index (κ3) is 4.91. The predicted molar refractivity (Wildman–Crippen MR) is 118 cm³/mol. The van der Waals surface area contributed by atoms with Gasteiger partial charge in [-0.25, -0.2) is 9.47 Å². The number of ether oxygens (including phenoxy) is 1. The largest absolute Gasteiger partial charge is 0.462 e. The van der Waals surface area contributed by atoms with Crippen LogP contribution < -0.4 is 11.2 Å². The van der Waals surface area contributed by atoms with Gasteiger partial charge in [0.1, 0.15) is 5.00 Å². The Morgan fingerprint density at radius 3 is 2.61 bits per heavy atom. The number of carbonyl (C=O) groups is 3. The Bertz CT molecular complexity index is 1130. The zero-order valence-corrected chi connectivity index (χ0v) is 18.7. The maximum atomic E-state index is 12.5. The summed E-state index contributed by atoms with van der Waals surface area (Å²) in [7, 11) is 0. The summed E-state index contributed by atoms with van der Waals surface area (Å²) < 4.78 is 6.36. The Hall–Kier alpha value is -3.25. The van der Waals surface area contributed by atoms with E-state index in [0.717, 1.165) is 28.7 Å². The molecular formula is C19H20N6O4S2. The Morgan fingerprint density at radius 1 is 1.26 bits per heavy atom. The van der Waals surface area contributed by atoms with Crippen LogP contribution in [0.15, 0.2) is 29.7 Å². The Morgan fingerprint density at radius 2 is 1.97 bits per heavy atom. The fourth-order valence-electron chi connectivity index (χ4n) is 2.75. The van der Waals surface area contributed by atoms with E-state index in [1.807, 2.05) is 0 Å². The number of thioether (sulfide) groups is 1. The van der Waals surface area contributed by atoms with Crippen molar-refractivity contribution in [2.24, 2.45) is 0 Å². The number of anilines is 1. The number of nitrogens with two attached hydrogens (primary N) is 1. The SMILES string of the molecule is CCOC(=O)c1c(NC(=O)CSc2nnc(-c3ccncc3)n2N)sc(C(C)=O)c1C. The minimum Gasteiger partial charge on any atom is -0.462 e. The highest BCUT2D eigenvalue weighted by molar-refractivity contribution is 7.99. The topological polar surface area (TPSA) is 142 Å². The molecule has 3 aromatic heterocycles. The molecule has 0 aliphatic rings. The van der Waals surface area contributed by atoms with Crippen LogP contribution >= 0.6 is 23.1 Å². The highest BCUT2D eigenvalue weighted by Gasteiger charge is 2.25. The lowest BCUT2D eigenvalue weighted by Crippen LogP contribution is -2.18. The van der Waals surface area contributed by atoms with Crippen LogP contribution in [0.3, 0.4) is 0 Å². The van der Waals surface area contributed by atoms with E-state index in [9.17, 15) is 14.4 Å². The standard InChI is InChI=1S/C19H20N6O4S2/c1-4-29-18(28)14-10(2)15(11(3)26)31-17(14)22-13(27)9-30-19-24-23-16(25(19)20)12-5-7-21-8-6-12/h5-8H,4,9,20H2,1-3H3,(H,22,27). The summed E-state index contributed by atoms with van der Waals surface area (Å²) in [6, 6.07) is 3.49. The first-order valence-corrected chi connectivity index (χ1v) is 11.0. The second kappa shape index (κ2) is 9.71. The van der Waals surface area contributed by atoms with Crippen LogP contribution in [0.5, 0.6) is 0 Å². The molecule has 1 amide bonds. The van der Waals surface area contributed by atoms with Gasteiger partial charge < -0.3 is 15.9 Å². The van der Waals surface area contributed by atoms with E-state index < -0.39 is 5.97 Å². The van der Waals surface area contributed by atoms with Crippen molar-refractivity contribution in [2.45, 2.75) is 25.9 Å². The normalized spacial score (nSPS) is 10.7. The third-order valence-corrected chi connectivity index (χ3v) is 6.39. The number of amides is 1. The number of pyridine rings is 1. The van der Waals surface area contributed by atoms with Crippen LogP contribution in [0.25, 0.3) is 11.4 Å². The molecule has 3 N–H and O–H groups in total. The molecule has 162 valence electrons. The van der Waals surface area contributed by atoms with Crippen molar-refractivity contribution < 1.29 is 19.1 Å². The molecule has 3 rings (SSSR count). The van der Waals surface area contributed by atoms with Crippen molar-refractivity contribution in [1.82, 2.24) is 19.9 Å². The molecule has 10 nitrogen and oxygen atoms in total. The van der Waals surface area contributed by atoms with E-state index in [-0.39, 0.29) is 34.6 Å². The molecule has 0 aliphatic carbocycles. The number of aromatic nitrogens is 4. The van der Waals surface area contributed by atoms with Gasteiger partial charge in [-0.1, -0.05) is 11.8 Å². The molecule has 0 fully saturated rings. The lowest BCUT2D eigenvalue weighted by Gasteiger charge is -2.07. The van der Waals surface area contributed by atoms with Gasteiger partial charge in [-0.05, 0) is 38.5 Å². The lowest BCUT2D eigenvalue weighted by atomic mass is 10.1. The van der Waals surface area contributed by atoms with Crippen molar-refractivity contribution in [3.63, 3.8) is 0 Å². The summed E-state index contributed by atoms with van der Waals surface area (Å²) in [6.45, 7) is 4.92. The minimum atomic E-state index is -0.588. The summed E-state index contributed by atoms with van der Waals surface area (Å²) in [5.41, 5.74) is 1.42. The van der Waals surface area contributed by atoms with Crippen molar-refractivity contribution in [2.75, 3.05) is 23.5 Å². The Kier molecular flexibility index (Phi) is 7.02. The highest BCUT2D eigenvalue weighted by Crippen LogP contribution is 2.34. The van der Waals surface area contributed by atoms with Gasteiger partial charge in [0, 0.05) is 18.0 Å². The van der Waals surface area contributed by atoms with E-state index in [1.54, 1.807) is 38.4 Å². The van der Waals surface area contributed by atoms with E-state index in [2.05, 4.69) is 20.5 Å². The molecule has 0 atom stereocenters. The number of esters is 1. The molecule has 31 heavy (non-hydrogen) atoms. The Balaban J connectivity index is 1.73. The van der Waals surface area contributed by atoms with Gasteiger partial charge in [-0.15, -0.1) is 21.5 Å². The molecule has 0 spiro atoms. The van der Waals surface area contributed by atoms with Gasteiger partial charge in [0.15, 0.2) is 11.6 Å². The van der Waals surface area contributed by atoms with E-state index in [4.69, 9.17) is 10.6 Å². The number of nitrogens with zero attached hydrogens (tertiary/aromatic N) is 4. The smallest absolute Gasteiger partial charge is 0.341 e.